The highest BCUT2D eigenvalue weighted by Crippen LogP contribution is 2.35. The Morgan fingerprint density at radius 3 is 2.86 bits per heavy atom. The summed E-state index contributed by atoms with van der Waals surface area (Å²) in [5, 5.41) is 0.609. The average molecular weight is 411 g/mol. The molecular weight excluding hydrogens is 384 g/mol. The van der Waals surface area contributed by atoms with E-state index in [1.165, 1.54) is 12.4 Å². The molecule has 0 saturated carbocycles. The highest BCUT2D eigenvalue weighted by atomic mass is 32.2. The molecule has 0 amide bonds. The summed E-state index contributed by atoms with van der Waals surface area (Å²) in [7, 11) is 0. The van der Waals surface area contributed by atoms with Crippen molar-refractivity contribution in [1.82, 2.24) is 9.97 Å². The fraction of sp³-hybridized carbons (Fsp3) is 0.364. The molecule has 0 bridgehead atoms. The van der Waals surface area contributed by atoms with E-state index in [0.717, 1.165) is 23.3 Å². The number of benzene rings is 1. The van der Waals surface area contributed by atoms with Gasteiger partial charge in [0.05, 0.1) is 17.9 Å². The summed E-state index contributed by atoms with van der Waals surface area (Å²) in [6.07, 6.45) is 4.03. The molecule has 0 radical (unpaired) electrons. The molecule has 0 aliphatic carbocycles. The second-order valence-electron chi connectivity index (χ2n) is 6.58. The molecule has 7 heteroatoms. The number of rotatable bonds is 6. The van der Waals surface area contributed by atoms with Crippen LogP contribution in [0.25, 0.3) is 0 Å². The molecule has 0 saturated heterocycles. The maximum Gasteiger partial charge on any atom is 0.233 e. The Labute approximate surface area is 176 Å². The summed E-state index contributed by atoms with van der Waals surface area (Å²) in [5.74, 6) is 6.69. The molecule has 29 heavy (non-hydrogen) atoms. The van der Waals surface area contributed by atoms with Crippen molar-refractivity contribution in [2.45, 2.75) is 39.7 Å². The van der Waals surface area contributed by atoms with Crippen LogP contribution in [0.4, 0.5) is 0 Å². The number of aliphatic imine (C=N–C) groups is 1. The number of hydrogen-bond donors (Lipinski definition) is 1. The minimum Gasteiger partial charge on any atom is -0.463 e. The van der Waals surface area contributed by atoms with E-state index in [9.17, 15) is 4.79 Å². The van der Waals surface area contributed by atoms with E-state index >= 15 is 0 Å². The predicted octanol–water partition coefficient (Wildman–Crippen LogP) is 3.61. The van der Waals surface area contributed by atoms with Crippen LogP contribution in [0.5, 0.6) is 5.88 Å². The summed E-state index contributed by atoms with van der Waals surface area (Å²) < 4.78 is 5.32. The van der Waals surface area contributed by atoms with E-state index in [-0.39, 0.29) is 31.8 Å². The van der Waals surface area contributed by atoms with Crippen LogP contribution in [0, 0.1) is 11.8 Å². The lowest BCUT2D eigenvalue weighted by molar-refractivity contribution is 0.0987. The molecule has 1 aliphatic rings. The molecule has 2 aromatic rings. The highest BCUT2D eigenvalue weighted by Gasteiger charge is 2.29. The molecule has 1 atom stereocenters. The third kappa shape index (κ3) is 5.81. The standard InChI is InChI=1S/C21H22N4O2S.CH4/c1-3-4-9-27-19-14-23-17(13-24-19)18(26)12-15-6-5-7-16(11-15)21(2)8-10-28-20(22)25-21;/h5-7,11,13-14H,8-10,12H2,1-2H3,(H2,22,25);1H4/t21-;/m0./s1. The number of amidine groups is 1. The van der Waals surface area contributed by atoms with Crippen molar-refractivity contribution in [3.05, 3.63) is 53.5 Å². The zero-order chi connectivity index (χ0) is 20.0. The van der Waals surface area contributed by atoms with E-state index in [2.05, 4.69) is 33.7 Å². The lowest BCUT2D eigenvalue weighted by Crippen LogP contribution is -2.28. The Kier molecular flexibility index (Phi) is 7.80. The number of ether oxygens (including phenoxy) is 1. The van der Waals surface area contributed by atoms with Crippen LogP contribution in [0.3, 0.4) is 0 Å². The number of nitrogens with two attached hydrogens (primary N) is 1. The highest BCUT2D eigenvalue weighted by molar-refractivity contribution is 8.13. The van der Waals surface area contributed by atoms with Crippen LogP contribution in [0.1, 0.15) is 49.3 Å². The molecule has 1 aromatic carbocycles. The molecule has 0 unspecified atom stereocenters. The van der Waals surface area contributed by atoms with E-state index in [1.54, 1.807) is 18.7 Å². The first-order valence-corrected chi connectivity index (χ1v) is 9.94. The van der Waals surface area contributed by atoms with Gasteiger partial charge in [-0.1, -0.05) is 49.4 Å². The number of hydrogen-bond acceptors (Lipinski definition) is 7. The third-order valence-electron chi connectivity index (χ3n) is 4.49. The van der Waals surface area contributed by atoms with E-state index in [4.69, 9.17) is 10.5 Å². The zero-order valence-corrected chi connectivity index (χ0v) is 16.8. The van der Waals surface area contributed by atoms with Gasteiger partial charge in [0.25, 0.3) is 0 Å². The van der Waals surface area contributed by atoms with Gasteiger partial charge in [0, 0.05) is 12.2 Å². The lowest BCUT2D eigenvalue weighted by Gasteiger charge is -2.30. The van der Waals surface area contributed by atoms with Crippen LogP contribution in [0.15, 0.2) is 41.7 Å². The van der Waals surface area contributed by atoms with Gasteiger partial charge in [-0.25, -0.2) is 9.97 Å². The van der Waals surface area contributed by atoms with Gasteiger partial charge in [0.2, 0.25) is 5.88 Å². The minimum absolute atomic E-state index is 0. The van der Waals surface area contributed by atoms with Crippen LogP contribution in [-0.2, 0) is 12.0 Å². The third-order valence-corrected chi connectivity index (χ3v) is 5.29. The van der Waals surface area contributed by atoms with Crippen molar-refractivity contribution in [2.75, 3.05) is 12.4 Å². The molecule has 1 aromatic heterocycles. The van der Waals surface area contributed by atoms with E-state index in [0.29, 0.717) is 16.7 Å². The number of Topliss-reactive ketones (excluding diaryl/α,β-unsaturated/α-hetero) is 1. The van der Waals surface area contributed by atoms with Gasteiger partial charge in [0.15, 0.2) is 17.6 Å². The zero-order valence-electron chi connectivity index (χ0n) is 15.9. The number of nitrogens with zero attached hydrogens (tertiary/aromatic N) is 3. The number of thioether (sulfide) groups is 1. The Morgan fingerprint density at radius 2 is 2.17 bits per heavy atom. The second-order valence-corrected chi connectivity index (χ2v) is 7.69. The molecule has 152 valence electrons. The minimum atomic E-state index is -0.353. The average Bonchev–Trinajstić information content (AvgIpc) is 2.69. The molecule has 0 spiro atoms. The van der Waals surface area contributed by atoms with Gasteiger partial charge < -0.3 is 10.5 Å². The Hall–Kier alpha value is -2.85. The van der Waals surface area contributed by atoms with Crippen molar-refractivity contribution in [3.63, 3.8) is 0 Å². The first kappa shape index (κ1) is 22.4. The van der Waals surface area contributed by atoms with Gasteiger partial charge in [-0.2, -0.15) is 0 Å². The maximum atomic E-state index is 12.6. The second kappa shape index (κ2) is 10.1. The van der Waals surface area contributed by atoms with E-state index in [1.807, 2.05) is 24.3 Å². The number of ketones is 1. The molecule has 2 heterocycles. The fourth-order valence-electron chi connectivity index (χ4n) is 2.90. The maximum absolute atomic E-state index is 12.6. The van der Waals surface area contributed by atoms with Crippen molar-refractivity contribution in [2.24, 2.45) is 10.7 Å². The largest absolute Gasteiger partial charge is 0.463 e. The number of aromatic nitrogens is 2. The molecule has 3 rings (SSSR count). The predicted molar refractivity (Wildman–Crippen MR) is 118 cm³/mol. The van der Waals surface area contributed by atoms with Gasteiger partial charge in [-0.05, 0) is 31.4 Å². The topological polar surface area (TPSA) is 90.5 Å². The summed E-state index contributed by atoms with van der Waals surface area (Å²) in [5.41, 5.74) is 7.85. The monoisotopic (exact) mass is 410 g/mol. The van der Waals surface area contributed by atoms with Crippen molar-refractivity contribution < 1.29 is 9.53 Å². The van der Waals surface area contributed by atoms with Crippen molar-refractivity contribution >= 4 is 22.7 Å². The van der Waals surface area contributed by atoms with Crippen molar-refractivity contribution in [1.29, 1.82) is 0 Å². The Bertz CT molecular complexity index is 947. The Morgan fingerprint density at radius 1 is 1.34 bits per heavy atom. The normalized spacial score (nSPS) is 17.9. The first-order valence-electron chi connectivity index (χ1n) is 8.95. The molecule has 0 fully saturated rings. The van der Waals surface area contributed by atoms with Gasteiger partial charge in [0.1, 0.15) is 5.69 Å². The number of carbonyl (C=O) groups excluding carboxylic acids is 1. The van der Waals surface area contributed by atoms with Gasteiger partial charge in [-0.15, -0.1) is 5.92 Å². The quantitative estimate of drug-likeness (QED) is 0.578. The van der Waals surface area contributed by atoms with Crippen LogP contribution < -0.4 is 10.5 Å². The summed E-state index contributed by atoms with van der Waals surface area (Å²) in [6.45, 7) is 4.06. The summed E-state index contributed by atoms with van der Waals surface area (Å²) >= 11 is 1.58. The molecule has 2 N–H and O–H groups in total. The molecule has 1 aliphatic heterocycles. The van der Waals surface area contributed by atoms with E-state index < -0.39 is 0 Å². The lowest BCUT2D eigenvalue weighted by atomic mass is 9.88. The summed E-state index contributed by atoms with van der Waals surface area (Å²) in [6, 6.07) is 7.95. The molecule has 6 nitrogen and oxygen atoms in total. The van der Waals surface area contributed by atoms with Crippen LogP contribution in [-0.4, -0.2) is 33.3 Å². The van der Waals surface area contributed by atoms with Crippen LogP contribution >= 0.6 is 11.8 Å². The summed E-state index contributed by atoms with van der Waals surface area (Å²) in [4.78, 5) is 25.5. The van der Waals surface area contributed by atoms with Gasteiger partial charge >= 0.3 is 0 Å². The number of carbonyl (C=O) groups is 1. The smallest absolute Gasteiger partial charge is 0.233 e. The SMILES string of the molecule is C.CC#CCOc1cnc(C(=O)Cc2cccc([C@]3(C)CCSC(N)=N3)c2)cn1. The van der Waals surface area contributed by atoms with Crippen molar-refractivity contribution in [3.8, 4) is 17.7 Å². The first-order chi connectivity index (χ1) is 13.5. The fourth-order valence-corrected chi connectivity index (χ4v) is 3.88. The van der Waals surface area contributed by atoms with Gasteiger partial charge in [-0.3, -0.25) is 9.79 Å². The molecular formula is C22H26N4O2S. The Balaban J connectivity index is 0.00000300. The van der Waals surface area contributed by atoms with Crippen LogP contribution in [0.2, 0.25) is 0 Å².